The van der Waals surface area contributed by atoms with Crippen LogP contribution in [0.2, 0.25) is 0 Å². The van der Waals surface area contributed by atoms with Crippen molar-refractivity contribution < 1.29 is 23.0 Å². The van der Waals surface area contributed by atoms with Crippen molar-refractivity contribution in [2.75, 3.05) is 20.2 Å². The largest absolute Gasteiger partial charge is 0.493 e. The average Bonchev–Trinajstić information content (AvgIpc) is 3.26. The molecule has 2 N–H and O–H groups in total. The lowest BCUT2D eigenvalue weighted by molar-refractivity contribution is -0.130. The number of halogens is 2. The number of amides is 1. The third kappa shape index (κ3) is 6.26. The van der Waals surface area contributed by atoms with Crippen LogP contribution in [0.15, 0.2) is 53.9 Å². The van der Waals surface area contributed by atoms with Crippen molar-refractivity contribution in [2.45, 2.75) is 19.6 Å². The average molecular weight is 447 g/mol. The smallest absolute Gasteiger partial charge is 0.228 e. The Bertz CT molecular complexity index is 1010. The Kier molecular flexibility index (Phi) is 7.97. The molecule has 31 heavy (non-hydrogen) atoms. The number of thiophene rings is 1. The molecule has 1 heterocycles. The van der Waals surface area contributed by atoms with Crippen LogP contribution in [0.25, 0.3) is 0 Å². The quantitative estimate of drug-likeness (QED) is 0.508. The highest BCUT2D eigenvalue weighted by molar-refractivity contribution is 7.10. The summed E-state index contributed by atoms with van der Waals surface area (Å²) in [7, 11) is 1.50. The van der Waals surface area contributed by atoms with Crippen LogP contribution in [-0.4, -0.2) is 31.0 Å². The molecule has 0 saturated carbocycles. The van der Waals surface area contributed by atoms with Crippen LogP contribution in [0.5, 0.6) is 11.5 Å². The van der Waals surface area contributed by atoms with Crippen molar-refractivity contribution in [2.24, 2.45) is 5.73 Å². The van der Waals surface area contributed by atoms with Gasteiger partial charge in [-0.1, -0.05) is 12.1 Å². The van der Waals surface area contributed by atoms with E-state index in [1.54, 1.807) is 28.4 Å². The van der Waals surface area contributed by atoms with Crippen LogP contribution in [-0.2, 0) is 24.4 Å². The van der Waals surface area contributed by atoms with E-state index in [2.05, 4.69) is 0 Å². The third-order valence-electron chi connectivity index (χ3n) is 4.66. The van der Waals surface area contributed by atoms with Crippen LogP contribution >= 0.6 is 11.3 Å². The number of benzene rings is 2. The first kappa shape index (κ1) is 22.7. The molecule has 0 spiro atoms. The number of nitrogens with two attached hydrogens (primary N) is 1. The fourth-order valence-electron chi connectivity index (χ4n) is 3.07. The number of methoxy groups -OCH3 is 1. The van der Waals surface area contributed by atoms with Gasteiger partial charge in [0, 0.05) is 36.1 Å². The maximum atomic E-state index is 13.8. The van der Waals surface area contributed by atoms with Crippen LogP contribution in [0.4, 0.5) is 8.78 Å². The van der Waals surface area contributed by atoms with Crippen molar-refractivity contribution in [3.63, 3.8) is 0 Å². The second kappa shape index (κ2) is 10.9. The second-order valence-electron chi connectivity index (χ2n) is 6.87. The highest BCUT2D eigenvalue weighted by Crippen LogP contribution is 2.30. The van der Waals surface area contributed by atoms with Gasteiger partial charge in [-0.25, -0.2) is 8.78 Å². The number of hydrogen-bond donors (Lipinski definition) is 1. The molecule has 0 aliphatic carbocycles. The van der Waals surface area contributed by atoms with Gasteiger partial charge < -0.3 is 20.1 Å². The monoisotopic (exact) mass is 446 g/mol. The van der Waals surface area contributed by atoms with E-state index >= 15 is 0 Å². The van der Waals surface area contributed by atoms with Crippen LogP contribution in [0, 0.1) is 11.6 Å². The molecular formula is C23H24F2N2O3S. The van der Waals surface area contributed by atoms with Crippen molar-refractivity contribution in [3.8, 4) is 11.5 Å². The Balaban J connectivity index is 1.69. The summed E-state index contributed by atoms with van der Waals surface area (Å²) in [6, 6.07) is 12.5. The topological polar surface area (TPSA) is 64.8 Å². The highest BCUT2D eigenvalue weighted by atomic mass is 32.1. The lowest BCUT2D eigenvalue weighted by Crippen LogP contribution is -2.35. The Morgan fingerprint density at radius 3 is 2.65 bits per heavy atom. The molecule has 3 aromatic rings. The second-order valence-corrected chi connectivity index (χ2v) is 7.90. The van der Waals surface area contributed by atoms with Gasteiger partial charge >= 0.3 is 0 Å². The molecule has 8 heteroatoms. The Morgan fingerprint density at radius 2 is 1.97 bits per heavy atom. The molecule has 0 bridgehead atoms. The fourth-order valence-corrected chi connectivity index (χ4v) is 3.76. The molecule has 0 unspecified atom stereocenters. The zero-order valence-corrected chi connectivity index (χ0v) is 18.0. The van der Waals surface area contributed by atoms with Crippen molar-refractivity contribution in [3.05, 3.63) is 81.5 Å². The minimum Gasteiger partial charge on any atom is -0.493 e. The lowest BCUT2D eigenvalue weighted by atomic mass is 10.1. The molecule has 0 fully saturated rings. The van der Waals surface area contributed by atoms with Crippen molar-refractivity contribution in [1.29, 1.82) is 0 Å². The molecule has 0 aliphatic rings. The maximum Gasteiger partial charge on any atom is 0.228 e. The van der Waals surface area contributed by atoms with Gasteiger partial charge in [0.25, 0.3) is 0 Å². The summed E-state index contributed by atoms with van der Waals surface area (Å²) in [4.78, 5) is 15.4. The molecule has 0 aliphatic heterocycles. The molecule has 0 radical (unpaired) electrons. The summed E-state index contributed by atoms with van der Waals surface area (Å²) in [6.07, 6.45) is 0.333. The van der Waals surface area contributed by atoms with Crippen LogP contribution in [0.1, 0.15) is 16.0 Å². The van der Waals surface area contributed by atoms with E-state index in [0.29, 0.717) is 37.6 Å². The summed E-state index contributed by atoms with van der Waals surface area (Å²) in [5.41, 5.74) is 6.79. The Hall–Kier alpha value is -2.97. The van der Waals surface area contributed by atoms with E-state index in [4.69, 9.17) is 15.2 Å². The maximum absolute atomic E-state index is 13.8. The number of carbonyl (C=O) groups is 1. The standard InChI is InChI=1S/C23H24F2N2O3S/c1-29-22-11-16(14-27(9-8-26)23(28)13-19-3-2-10-31-19)4-7-21(22)30-15-17-5-6-18(24)12-20(17)25/h2-7,10-12H,8-9,13-15,26H2,1H3. The van der Waals surface area contributed by atoms with Gasteiger partial charge in [-0.15, -0.1) is 11.3 Å². The van der Waals surface area contributed by atoms with Gasteiger partial charge in [0.05, 0.1) is 13.5 Å². The fraction of sp³-hybridized carbons (Fsp3) is 0.261. The van der Waals surface area contributed by atoms with Gasteiger partial charge in [0.15, 0.2) is 11.5 Å². The minimum atomic E-state index is -0.669. The summed E-state index contributed by atoms with van der Waals surface area (Å²) >= 11 is 1.54. The summed E-state index contributed by atoms with van der Waals surface area (Å²) in [5.74, 6) is -0.432. The SMILES string of the molecule is COc1cc(CN(CCN)C(=O)Cc2cccs2)ccc1OCc1ccc(F)cc1F. The van der Waals surface area contributed by atoms with Gasteiger partial charge in [-0.2, -0.15) is 0 Å². The lowest BCUT2D eigenvalue weighted by Gasteiger charge is -2.22. The van der Waals surface area contributed by atoms with Crippen LogP contribution < -0.4 is 15.2 Å². The minimum absolute atomic E-state index is 0.000946. The number of hydrogen-bond acceptors (Lipinski definition) is 5. The van der Waals surface area contributed by atoms with Crippen molar-refractivity contribution >= 4 is 17.2 Å². The van der Waals surface area contributed by atoms with Crippen LogP contribution in [0.3, 0.4) is 0 Å². The third-order valence-corrected chi connectivity index (χ3v) is 5.53. The number of rotatable bonds is 10. The molecular weight excluding hydrogens is 422 g/mol. The number of ether oxygens (including phenoxy) is 2. The predicted molar refractivity (Wildman–Crippen MR) is 116 cm³/mol. The molecule has 164 valence electrons. The molecule has 0 atom stereocenters. The van der Waals surface area contributed by atoms with E-state index in [1.165, 1.54) is 19.2 Å². The predicted octanol–water partition coefficient (Wildman–Crippen LogP) is 4.14. The first-order chi connectivity index (χ1) is 15.0. The van der Waals surface area contributed by atoms with E-state index < -0.39 is 11.6 Å². The molecule has 2 aromatic carbocycles. The normalized spacial score (nSPS) is 10.7. The van der Waals surface area contributed by atoms with Gasteiger partial charge in [0.1, 0.15) is 18.2 Å². The first-order valence-corrected chi connectivity index (χ1v) is 10.6. The van der Waals surface area contributed by atoms with Gasteiger partial charge in [0.2, 0.25) is 5.91 Å². The number of nitrogens with zero attached hydrogens (tertiary/aromatic N) is 1. The van der Waals surface area contributed by atoms with Gasteiger partial charge in [-0.3, -0.25) is 4.79 Å². The molecule has 1 aromatic heterocycles. The van der Waals surface area contributed by atoms with E-state index in [0.717, 1.165) is 16.5 Å². The highest BCUT2D eigenvalue weighted by Gasteiger charge is 2.16. The molecule has 5 nitrogen and oxygen atoms in total. The summed E-state index contributed by atoms with van der Waals surface area (Å²) in [5, 5.41) is 1.94. The van der Waals surface area contributed by atoms with E-state index in [1.807, 2.05) is 23.6 Å². The number of carbonyl (C=O) groups excluding carboxylic acids is 1. The zero-order chi connectivity index (χ0) is 22.2. The molecule has 0 saturated heterocycles. The van der Waals surface area contributed by atoms with Crippen molar-refractivity contribution in [1.82, 2.24) is 4.90 Å². The molecule has 3 rings (SSSR count). The Morgan fingerprint density at radius 1 is 1.13 bits per heavy atom. The molecule has 1 amide bonds. The first-order valence-electron chi connectivity index (χ1n) is 9.74. The summed E-state index contributed by atoms with van der Waals surface area (Å²) in [6.45, 7) is 1.11. The van der Waals surface area contributed by atoms with Gasteiger partial charge in [-0.05, 0) is 41.3 Å². The van der Waals surface area contributed by atoms with E-state index in [-0.39, 0.29) is 18.1 Å². The zero-order valence-electron chi connectivity index (χ0n) is 17.1. The van der Waals surface area contributed by atoms with E-state index in [9.17, 15) is 13.6 Å². The Labute approximate surface area is 184 Å². The summed E-state index contributed by atoms with van der Waals surface area (Å²) < 4.78 is 38.0.